The lowest BCUT2D eigenvalue weighted by Gasteiger charge is -2.09. The van der Waals surface area contributed by atoms with E-state index in [-0.39, 0.29) is 0 Å². The standard InChI is InChI=1S/C19H20BN/c1-2-17-9-5-3-4-6-15-21-19(17)10-7-8-16-11-13-18(20)14-12-16/h2-7,10-14,21H,1,8-9,15H2/b5-3-,6-4-,10-7-,19-17-. The van der Waals surface area contributed by atoms with Crippen LogP contribution in [0.3, 0.4) is 0 Å². The number of hydrogen-bond donors (Lipinski definition) is 1. The molecule has 0 saturated carbocycles. The summed E-state index contributed by atoms with van der Waals surface area (Å²) in [4.78, 5) is 0. The zero-order chi connectivity index (χ0) is 14.9. The Kier molecular flexibility index (Phi) is 5.90. The third kappa shape index (κ3) is 5.00. The van der Waals surface area contributed by atoms with E-state index in [1.807, 2.05) is 18.2 Å². The Morgan fingerprint density at radius 2 is 1.90 bits per heavy atom. The molecule has 0 aromatic heterocycles. The van der Waals surface area contributed by atoms with Crippen molar-refractivity contribution in [1.29, 1.82) is 0 Å². The minimum Gasteiger partial charge on any atom is -0.381 e. The highest BCUT2D eigenvalue weighted by Crippen LogP contribution is 2.12. The van der Waals surface area contributed by atoms with E-state index in [0.29, 0.717) is 0 Å². The molecule has 2 rings (SSSR count). The average Bonchev–Trinajstić information content (AvgIpc) is 2.61. The summed E-state index contributed by atoms with van der Waals surface area (Å²) < 4.78 is 0. The first kappa shape index (κ1) is 15.2. The number of rotatable bonds is 4. The Labute approximate surface area is 128 Å². The van der Waals surface area contributed by atoms with Crippen molar-refractivity contribution in [3.8, 4) is 0 Å². The van der Waals surface area contributed by atoms with E-state index in [0.717, 1.165) is 30.5 Å². The smallest absolute Gasteiger partial charge is 0.113 e. The molecule has 2 radical (unpaired) electrons. The van der Waals surface area contributed by atoms with Gasteiger partial charge in [0.05, 0.1) is 0 Å². The van der Waals surface area contributed by atoms with Crippen LogP contribution in [0.4, 0.5) is 0 Å². The molecule has 0 saturated heterocycles. The van der Waals surface area contributed by atoms with E-state index in [9.17, 15) is 0 Å². The fourth-order valence-corrected chi connectivity index (χ4v) is 2.14. The van der Waals surface area contributed by atoms with Gasteiger partial charge in [-0.1, -0.05) is 72.8 Å². The molecule has 1 aromatic carbocycles. The van der Waals surface area contributed by atoms with Gasteiger partial charge in [-0.05, 0) is 30.1 Å². The molecule has 0 bridgehead atoms. The summed E-state index contributed by atoms with van der Waals surface area (Å²) in [6.45, 7) is 4.74. The number of hydrogen-bond acceptors (Lipinski definition) is 1. The van der Waals surface area contributed by atoms with E-state index >= 15 is 0 Å². The van der Waals surface area contributed by atoms with Crippen molar-refractivity contribution >= 4 is 13.3 Å². The van der Waals surface area contributed by atoms with Gasteiger partial charge in [-0.3, -0.25) is 0 Å². The largest absolute Gasteiger partial charge is 0.381 e. The first-order valence-corrected chi connectivity index (χ1v) is 7.21. The number of allylic oxidation sites excluding steroid dienone is 7. The normalized spacial score (nSPS) is 21.9. The molecule has 1 aliphatic heterocycles. The summed E-state index contributed by atoms with van der Waals surface area (Å²) in [7, 11) is 5.70. The second-order valence-corrected chi connectivity index (χ2v) is 4.93. The maximum absolute atomic E-state index is 5.70. The molecular formula is C19H20BN. The van der Waals surface area contributed by atoms with Crippen LogP contribution in [0.2, 0.25) is 0 Å². The zero-order valence-electron chi connectivity index (χ0n) is 12.3. The van der Waals surface area contributed by atoms with Gasteiger partial charge < -0.3 is 5.32 Å². The first-order valence-electron chi connectivity index (χ1n) is 7.21. The second kappa shape index (κ2) is 8.16. The first-order chi connectivity index (χ1) is 10.3. The monoisotopic (exact) mass is 273 g/mol. The van der Waals surface area contributed by atoms with Crippen molar-refractivity contribution in [3.63, 3.8) is 0 Å². The van der Waals surface area contributed by atoms with Crippen LogP contribution in [0.1, 0.15) is 12.0 Å². The van der Waals surface area contributed by atoms with Crippen LogP contribution < -0.4 is 10.8 Å². The lowest BCUT2D eigenvalue weighted by molar-refractivity contribution is 0.914. The lowest BCUT2D eigenvalue weighted by atomic mass is 9.95. The van der Waals surface area contributed by atoms with Crippen molar-refractivity contribution < 1.29 is 0 Å². The van der Waals surface area contributed by atoms with E-state index in [1.165, 1.54) is 11.1 Å². The van der Waals surface area contributed by atoms with Gasteiger partial charge in [0.2, 0.25) is 0 Å². The molecule has 0 unspecified atom stereocenters. The second-order valence-electron chi connectivity index (χ2n) is 4.93. The van der Waals surface area contributed by atoms with E-state index in [2.05, 4.69) is 60.5 Å². The third-order valence-electron chi connectivity index (χ3n) is 3.34. The lowest BCUT2D eigenvalue weighted by Crippen LogP contribution is -2.13. The average molecular weight is 273 g/mol. The van der Waals surface area contributed by atoms with Gasteiger partial charge in [0.1, 0.15) is 7.85 Å². The van der Waals surface area contributed by atoms with Crippen molar-refractivity contribution in [2.75, 3.05) is 6.54 Å². The molecule has 21 heavy (non-hydrogen) atoms. The predicted molar refractivity (Wildman–Crippen MR) is 92.8 cm³/mol. The van der Waals surface area contributed by atoms with Crippen LogP contribution >= 0.6 is 0 Å². The van der Waals surface area contributed by atoms with Crippen LogP contribution in [0.25, 0.3) is 0 Å². The van der Waals surface area contributed by atoms with E-state index in [4.69, 9.17) is 7.85 Å². The highest BCUT2D eigenvalue weighted by atomic mass is 14.9. The fourth-order valence-electron chi connectivity index (χ4n) is 2.14. The van der Waals surface area contributed by atoms with Gasteiger partial charge in [-0.25, -0.2) is 0 Å². The topological polar surface area (TPSA) is 12.0 Å². The van der Waals surface area contributed by atoms with Crippen LogP contribution in [0.15, 0.2) is 84.6 Å². The maximum Gasteiger partial charge on any atom is 0.113 e. The third-order valence-corrected chi connectivity index (χ3v) is 3.34. The summed E-state index contributed by atoms with van der Waals surface area (Å²) in [5.74, 6) is 0. The minimum absolute atomic E-state index is 0.802. The molecule has 1 aliphatic rings. The molecular weight excluding hydrogens is 253 g/mol. The van der Waals surface area contributed by atoms with Crippen LogP contribution in [0, 0.1) is 0 Å². The number of benzene rings is 1. The Bertz CT molecular complexity index is 588. The molecule has 1 heterocycles. The predicted octanol–water partition coefficient (Wildman–Crippen LogP) is 3.12. The van der Waals surface area contributed by atoms with E-state index in [1.54, 1.807) is 0 Å². The fraction of sp³-hybridized carbons (Fsp3) is 0.158. The van der Waals surface area contributed by atoms with Gasteiger partial charge >= 0.3 is 0 Å². The molecule has 0 aliphatic carbocycles. The van der Waals surface area contributed by atoms with Gasteiger partial charge in [-0.2, -0.15) is 0 Å². The highest BCUT2D eigenvalue weighted by Gasteiger charge is 1.99. The van der Waals surface area contributed by atoms with Gasteiger partial charge in [-0.15, -0.1) is 0 Å². The van der Waals surface area contributed by atoms with Gasteiger partial charge in [0.25, 0.3) is 0 Å². The van der Waals surface area contributed by atoms with Crippen molar-refractivity contribution in [3.05, 3.63) is 90.2 Å². The van der Waals surface area contributed by atoms with Crippen LogP contribution in [-0.4, -0.2) is 14.4 Å². The number of nitrogens with one attached hydrogen (secondary N) is 1. The van der Waals surface area contributed by atoms with Crippen LogP contribution in [-0.2, 0) is 6.42 Å². The van der Waals surface area contributed by atoms with Crippen molar-refractivity contribution in [2.24, 2.45) is 0 Å². The Balaban J connectivity index is 2.08. The van der Waals surface area contributed by atoms with Crippen molar-refractivity contribution in [2.45, 2.75) is 12.8 Å². The maximum atomic E-state index is 5.70. The Morgan fingerprint density at radius 1 is 1.14 bits per heavy atom. The summed E-state index contributed by atoms with van der Waals surface area (Å²) in [6, 6.07) is 7.99. The molecule has 0 amide bonds. The molecule has 2 heteroatoms. The Hall–Kier alpha value is -2.22. The summed E-state index contributed by atoms with van der Waals surface area (Å²) in [5.41, 5.74) is 4.40. The molecule has 0 fully saturated rings. The summed E-state index contributed by atoms with van der Waals surface area (Å²) >= 11 is 0. The molecule has 0 atom stereocenters. The summed E-state index contributed by atoms with van der Waals surface area (Å²) in [5, 5.41) is 3.43. The molecule has 1 N–H and O–H groups in total. The molecule has 1 aromatic rings. The van der Waals surface area contributed by atoms with Crippen LogP contribution in [0.5, 0.6) is 0 Å². The molecule has 1 nitrogen and oxygen atoms in total. The van der Waals surface area contributed by atoms with Gasteiger partial charge in [0, 0.05) is 12.2 Å². The zero-order valence-corrected chi connectivity index (χ0v) is 12.3. The molecule has 0 spiro atoms. The van der Waals surface area contributed by atoms with E-state index < -0.39 is 0 Å². The van der Waals surface area contributed by atoms with Crippen molar-refractivity contribution in [1.82, 2.24) is 5.32 Å². The summed E-state index contributed by atoms with van der Waals surface area (Å²) in [6.07, 6.45) is 16.4. The minimum atomic E-state index is 0.802. The quantitative estimate of drug-likeness (QED) is 0.831. The SMILES string of the molecule is [B]c1ccc(C/C=C\C2=C(/C=C)C/C=C\C=C/CN2)cc1. The van der Waals surface area contributed by atoms with Gasteiger partial charge in [0.15, 0.2) is 0 Å². The highest BCUT2D eigenvalue weighted by molar-refractivity contribution is 6.32. The molecule has 104 valence electrons. The Morgan fingerprint density at radius 3 is 2.67 bits per heavy atom.